The number of rotatable bonds is 5. The lowest BCUT2D eigenvalue weighted by molar-refractivity contribution is -0.137. The minimum atomic E-state index is -0.503. The zero-order chi connectivity index (χ0) is 12.0. The van der Waals surface area contributed by atoms with E-state index in [-0.39, 0.29) is 12.2 Å². The zero-order valence-corrected chi connectivity index (χ0v) is 9.88. The second-order valence-corrected chi connectivity index (χ2v) is 3.85. The normalized spacial score (nSPS) is 9.88. The molecule has 0 radical (unpaired) electrons. The highest BCUT2D eigenvalue weighted by molar-refractivity contribution is 6.36. The van der Waals surface area contributed by atoms with Crippen LogP contribution in [-0.4, -0.2) is 18.2 Å². The largest absolute Gasteiger partial charge is 0.350 e. The van der Waals surface area contributed by atoms with E-state index < -0.39 is 5.91 Å². The molecule has 86 valence electrons. The number of likely N-dealkylation sites (N-methyl/N-ethyl adjacent to an activating group) is 1. The van der Waals surface area contributed by atoms with Crippen LogP contribution in [0.4, 0.5) is 0 Å². The molecule has 16 heavy (non-hydrogen) atoms. The Morgan fingerprint density at radius 1 is 1.25 bits per heavy atom. The summed E-state index contributed by atoms with van der Waals surface area (Å²) in [5.74, 6) is -0.881. The van der Waals surface area contributed by atoms with Crippen LogP contribution in [0.25, 0.3) is 0 Å². The van der Waals surface area contributed by atoms with Crippen LogP contribution in [0, 0.1) is 0 Å². The van der Waals surface area contributed by atoms with Gasteiger partial charge in [-0.15, -0.1) is 0 Å². The van der Waals surface area contributed by atoms with E-state index in [0.29, 0.717) is 18.0 Å². The quantitative estimate of drug-likeness (QED) is 0.799. The fourth-order valence-corrected chi connectivity index (χ4v) is 1.41. The van der Waals surface area contributed by atoms with Gasteiger partial charge in [-0.05, 0) is 31.0 Å². The van der Waals surface area contributed by atoms with E-state index in [1.807, 2.05) is 12.1 Å². The Hall–Kier alpha value is -1.35. The maximum Gasteiger partial charge on any atom is 0.287 e. The smallest absolute Gasteiger partial charge is 0.287 e. The van der Waals surface area contributed by atoms with E-state index in [0.717, 1.165) is 5.56 Å². The molecule has 1 rings (SSSR count). The van der Waals surface area contributed by atoms with Crippen LogP contribution in [0.5, 0.6) is 0 Å². The summed E-state index contributed by atoms with van der Waals surface area (Å²) in [7, 11) is 0. The standard InChI is InChI=1S/C12H14ClNO2/c1-2-14-12(16)11(15)8-5-9-3-6-10(13)7-4-9/h3-4,6-7H,2,5,8H2,1H3,(H,14,16). The molecule has 0 bridgehead atoms. The monoisotopic (exact) mass is 239 g/mol. The molecule has 1 amide bonds. The Kier molecular flexibility index (Phi) is 4.99. The fraction of sp³-hybridized carbons (Fsp3) is 0.333. The van der Waals surface area contributed by atoms with Crippen LogP contribution in [0.3, 0.4) is 0 Å². The molecule has 0 saturated heterocycles. The van der Waals surface area contributed by atoms with Gasteiger partial charge in [-0.25, -0.2) is 0 Å². The Balaban J connectivity index is 2.42. The van der Waals surface area contributed by atoms with Gasteiger partial charge < -0.3 is 5.32 Å². The van der Waals surface area contributed by atoms with Crippen LogP contribution in [0.15, 0.2) is 24.3 Å². The number of aryl methyl sites for hydroxylation is 1. The topological polar surface area (TPSA) is 46.2 Å². The Morgan fingerprint density at radius 2 is 1.88 bits per heavy atom. The van der Waals surface area contributed by atoms with Gasteiger partial charge in [0.2, 0.25) is 5.78 Å². The predicted octanol–water partition coefficient (Wildman–Crippen LogP) is 1.98. The molecule has 0 aliphatic carbocycles. The fourth-order valence-electron chi connectivity index (χ4n) is 1.28. The molecule has 0 aliphatic heterocycles. The molecule has 1 aromatic carbocycles. The first kappa shape index (κ1) is 12.7. The summed E-state index contributed by atoms with van der Waals surface area (Å²) in [6.07, 6.45) is 0.792. The number of ketones is 1. The average Bonchev–Trinajstić information content (AvgIpc) is 2.28. The van der Waals surface area contributed by atoms with Crippen LogP contribution in [-0.2, 0) is 16.0 Å². The van der Waals surface area contributed by atoms with Crippen LogP contribution < -0.4 is 5.32 Å². The molecule has 0 saturated carbocycles. The third kappa shape index (κ3) is 4.03. The zero-order valence-electron chi connectivity index (χ0n) is 9.13. The van der Waals surface area contributed by atoms with Gasteiger partial charge in [0.15, 0.2) is 0 Å². The van der Waals surface area contributed by atoms with Crippen molar-refractivity contribution in [3.63, 3.8) is 0 Å². The van der Waals surface area contributed by atoms with Crippen molar-refractivity contribution in [3.8, 4) is 0 Å². The van der Waals surface area contributed by atoms with Crippen molar-refractivity contribution in [1.82, 2.24) is 5.32 Å². The van der Waals surface area contributed by atoms with E-state index in [4.69, 9.17) is 11.6 Å². The third-order valence-electron chi connectivity index (χ3n) is 2.14. The lowest BCUT2D eigenvalue weighted by atomic mass is 10.1. The summed E-state index contributed by atoms with van der Waals surface area (Å²) < 4.78 is 0. The number of hydrogen-bond donors (Lipinski definition) is 1. The number of carbonyl (C=O) groups excluding carboxylic acids is 2. The van der Waals surface area contributed by atoms with Gasteiger partial charge in [0.1, 0.15) is 0 Å². The summed E-state index contributed by atoms with van der Waals surface area (Å²) in [6.45, 7) is 2.26. The first-order valence-electron chi connectivity index (χ1n) is 5.19. The highest BCUT2D eigenvalue weighted by atomic mass is 35.5. The van der Waals surface area contributed by atoms with Gasteiger partial charge in [-0.3, -0.25) is 9.59 Å². The second-order valence-electron chi connectivity index (χ2n) is 3.41. The minimum Gasteiger partial charge on any atom is -0.350 e. The number of carbonyl (C=O) groups is 2. The molecule has 0 unspecified atom stereocenters. The maximum atomic E-state index is 11.3. The molecule has 0 heterocycles. The summed E-state index contributed by atoms with van der Waals surface area (Å²) in [4.78, 5) is 22.5. The van der Waals surface area contributed by atoms with Gasteiger partial charge in [-0.1, -0.05) is 23.7 Å². The number of nitrogens with one attached hydrogen (secondary N) is 1. The maximum absolute atomic E-state index is 11.3. The Morgan fingerprint density at radius 3 is 2.44 bits per heavy atom. The van der Waals surface area contributed by atoms with Crippen molar-refractivity contribution >= 4 is 23.3 Å². The molecule has 0 aromatic heterocycles. The first-order valence-corrected chi connectivity index (χ1v) is 5.56. The molecular formula is C12H14ClNO2. The number of Topliss-reactive ketones (excluding diaryl/α,β-unsaturated/α-hetero) is 1. The number of halogens is 1. The van der Waals surface area contributed by atoms with Crippen molar-refractivity contribution in [2.24, 2.45) is 0 Å². The summed E-state index contributed by atoms with van der Waals surface area (Å²) in [5.41, 5.74) is 1.00. The Labute approximate surface area is 99.8 Å². The first-order chi connectivity index (χ1) is 7.63. The highest BCUT2D eigenvalue weighted by Crippen LogP contribution is 2.10. The van der Waals surface area contributed by atoms with E-state index in [2.05, 4.69) is 5.32 Å². The molecule has 0 spiro atoms. The van der Waals surface area contributed by atoms with Crippen molar-refractivity contribution in [2.45, 2.75) is 19.8 Å². The molecular weight excluding hydrogens is 226 g/mol. The van der Waals surface area contributed by atoms with Gasteiger partial charge in [0, 0.05) is 18.0 Å². The highest BCUT2D eigenvalue weighted by Gasteiger charge is 2.11. The second kappa shape index (κ2) is 6.28. The van der Waals surface area contributed by atoms with Gasteiger partial charge in [0.25, 0.3) is 5.91 Å². The van der Waals surface area contributed by atoms with Gasteiger partial charge in [-0.2, -0.15) is 0 Å². The molecule has 0 fully saturated rings. The molecule has 4 heteroatoms. The van der Waals surface area contributed by atoms with E-state index >= 15 is 0 Å². The van der Waals surface area contributed by atoms with Crippen LogP contribution in [0.2, 0.25) is 5.02 Å². The third-order valence-corrected chi connectivity index (χ3v) is 2.40. The average molecular weight is 240 g/mol. The minimum absolute atomic E-state index is 0.230. The van der Waals surface area contributed by atoms with Crippen molar-refractivity contribution < 1.29 is 9.59 Å². The van der Waals surface area contributed by atoms with Crippen LogP contribution >= 0.6 is 11.6 Å². The molecule has 0 aliphatic rings. The lowest BCUT2D eigenvalue weighted by Crippen LogP contribution is -2.30. The SMILES string of the molecule is CCNC(=O)C(=O)CCc1ccc(Cl)cc1. The number of benzene rings is 1. The number of hydrogen-bond acceptors (Lipinski definition) is 2. The van der Waals surface area contributed by atoms with Crippen LogP contribution in [0.1, 0.15) is 18.9 Å². The molecule has 1 N–H and O–H groups in total. The lowest BCUT2D eigenvalue weighted by Gasteiger charge is -2.02. The van der Waals surface area contributed by atoms with Crippen molar-refractivity contribution in [2.75, 3.05) is 6.54 Å². The molecule has 0 atom stereocenters. The van der Waals surface area contributed by atoms with Gasteiger partial charge >= 0.3 is 0 Å². The van der Waals surface area contributed by atoms with E-state index in [1.54, 1.807) is 19.1 Å². The summed E-state index contributed by atoms with van der Waals surface area (Å²) in [5, 5.41) is 3.15. The Bertz CT molecular complexity index is 373. The van der Waals surface area contributed by atoms with Gasteiger partial charge in [0.05, 0.1) is 0 Å². The van der Waals surface area contributed by atoms with Crippen molar-refractivity contribution in [1.29, 1.82) is 0 Å². The molecule has 1 aromatic rings. The summed E-state index contributed by atoms with van der Waals surface area (Å²) >= 11 is 5.74. The van der Waals surface area contributed by atoms with Crippen molar-refractivity contribution in [3.05, 3.63) is 34.9 Å². The predicted molar refractivity (Wildman–Crippen MR) is 63.5 cm³/mol. The summed E-state index contributed by atoms with van der Waals surface area (Å²) in [6, 6.07) is 7.25. The number of amides is 1. The van der Waals surface area contributed by atoms with E-state index in [1.165, 1.54) is 0 Å². The molecule has 3 nitrogen and oxygen atoms in total. The van der Waals surface area contributed by atoms with E-state index in [9.17, 15) is 9.59 Å².